The molecule has 19 heavy (non-hydrogen) atoms. The van der Waals surface area contributed by atoms with E-state index in [1.165, 1.54) is 25.8 Å². The van der Waals surface area contributed by atoms with E-state index in [1.54, 1.807) is 0 Å². The molecule has 2 unspecified atom stereocenters. The molecule has 0 spiro atoms. The highest BCUT2D eigenvalue weighted by Gasteiger charge is 2.22. The van der Waals surface area contributed by atoms with Gasteiger partial charge in [0, 0.05) is 25.2 Å². The zero-order valence-electron chi connectivity index (χ0n) is 12.9. The molecule has 114 valence electrons. The van der Waals surface area contributed by atoms with Crippen molar-refractivity contribution in [3.8, 4) is 0 Å². The van der Waals surface area contributed by atoms with E-state index >= 15 is 0 Å². The Bertz CT molecular complexity index is 266. The van der Waals surface area contributed by atoms with E-state index in [0.29, 0.717) is 18.0 Å². The normalized spacial score (nSPS) is 22.7. The first-order chi connectivity index (χ1) is 8.60. The SMILES string of the molecule is CCN(CC)C(N)=NCC(C)N1CCCCC1C.I. The number of aliphatic imine (C=N–C) groups is 1. The Balaban J connectivity index is 0.00000324. The maximum absolute atomic E-state index is 6.01. The van der Waals surface area contributed by atoms with Gasteiger partial charge in [-0.15, -0.1) is 24.0 Å². The van der Waals surface area contributed by atoms with Gasteiger partial charge in [0.05, 0.1) is 6.54 Å². The Hall–Kier alpha value is -0.0400. The van der Waals surface area contributed by atoms with Crippen LogP contribution in [0.5, 0.6) is 0 Å². The average Bonchev–Trinajstić information content (AvgIpc) is 2.38. The monoisotopic (exact) mass is 382 g/mol. The zero-order chi connectivity index (χ0) is 13.5. The highest BCUT2D eigenvalue weighted by Crippen LogP contribution is 2.19. The largest absolute Gasteiger partial charge is 0.370 e. The fraction of sp³-hybridized carbons (Fsp3) is 0.929. The molecule has 0 radical (unpaired) electrons. The van der Waals surface area contributed by atoms with Gasteiger partial charge in [-0.3, -0.25) is 9.89 Å². The summed E-state index contributed by atoms with van der Waals surface area (Å²) in [5.41, 5.74) is 6.01. The average molecular weight is 382 g/mol. The molecule has 1 aliphatic heterocycles. The van der Waals surface area contributed by atoms with Crippen LogP contribution in [0.25, 0.3) is 0 Å². The molecular formula is C14H31IN4. The van der Waals surface area contributed by atoms with Gasteiger partial charge >= 0.3 is 0 Å². The molecule has 0 bridgehead atoms. The summed E-state index contributed by atoms with van der Waals surface area (Å²) in [5, 5.41) is 0. The Labute approximate surface area is 135 Å². The van der Waals surface area contributed by atoms with Gasteiger partial charge < -0.3 is 10.6 Å². The van der Waals surface area contributed by atoms with Crippen molar-refractivity contribution < 1.29 is 0 Å². The number of hydrogen-bond donors (Lipinski definition) is 1. The van der Waals surface area contributed by atoms with Crippen LogP contribution in [0.15, 0.2) is 4.99 Å². The zero-order valence-corrected chi connectivity index (χ0v) is 15.3. The van der Waals surface area contributed by atoms with Gasteiger partial charge in [-0.2, -0.15) is 0 Å². The van der Waals surface area contributed by atoms with Crippen LogP contribution >= 0.6 is 24.0 Å². The van der Waals surface area contributed by atoms with Crippen molar-refractivity contribution in [2.75, 3.05) is 26.2 Å². The number of piperidine rings is 1. The molecule has 4 nitrogen and oxygen atoms in total. The van der Waals surface area contributed by atoms with Crippen LogP contribution in [-0.2, 0) is 0 Å². The van der Waals surface area contributed by atoms with Gasteiger partial charge in [-0.25, -0.2) is 0 Å². The van der Waals surface area contributed by atoms with E-state index in [4.69, 9.17) is 5.73 Å². The van der Waals surface area contributed by atoms with Gasteiger partial charge in [0.25, 0.3) is 0 Å². The summed E-state index contributed by atoms with van der Waals surface area (Å²) < 4.78 is 0. The first-order valence-corrected chi connectivity index (χ1v) is 7.40. The van der Waals surface area contributed by atoms with Crippen molar-refractivity contribution in [1.82, 2.24) is 9.80 Å². The fourth-order valence-electron chi connectivity index (χ4n) is 2.75. The quantitative estimate of drug-likeness (QED) is 0.452. The van der Waals surface area contributed by atoms with Crippen LogP contribution in [-0.4, -0.2) is 54.0 Å². The third-order valence-electron chi connectivity index (χ3n) is 4.03. The van der Waals surface area contributed by atoms with Crippen LogP contribution in [0.4, 0.5) is 0 Å². The van der Waals surface area contributed by atoms with Crippen molar-refractivity contribution >= 4 is 29.9 Å². The molecule has 0 aromatic rings. The smallest absolute Gasteiger partial charge is 0.191 e. The Kier molecular flexibility index (Phi) is 9.78. The summed E-state index contributed by atoms with van der Waals surface area (Å²) >= 11 is 0. The van der Waals surface area contributed by atoms with E-state index < -0.39 is 0 Å². The lowest BCUT2D eigenvalue weighted by molar-refractivity contribution is 0.118. The molecule has 2 atom stereocenters. The van der Waals surface area contributed by atoms with Crippen molar-refractivity contribution in [3.05, 3.63) is 0 Å². The summed E-state index contributed by atoms with van der Waals surface area (Å²) in [7, 11) is 0. The Morgan fingerprint density at radius 2 is 2.00 bits per heavy atom. The van der Waals surface area contributed by atoms with Crippen LogP contribution < -0.4 is 5.73 Å². The van der Waals surface area contributed by atoms with Gasteiger partial charge in [0.15, 0.2) is 5.96 Å². The van der Waals surface area contributed by atoms with E-state index in [-0.39, 0.29) is 24.0 Å². The number of hydrogen-bond acceptors (Lipinski definition) is 2. The van der Waals surface area contributed by atoms with E-state index in [0.717, 1.165) is 19.6 Å². The predicted molar refractivity (Wildman–Crippen MR) is 94.3 cm³/mol. The second-order valence-corrected chi connectivity index (χ2v) is 5.30. The summed E-state index contributed by atoms with van der Waals surface area (Å²) in [4.78, 5) is 9.23. The molecular weight excluding hydrogens is 351 g/mol. The molecule has 0 amide bonds. The van der Waals surface area contributed by atoms with Gasteiger partial charge in [0.2, 0.25) is 0 Å². The number of guanidine groups is 1. The minimum Gasteiger partial charge on any atom is -0.370 e. The van der Waals surface area contributed by atoms with Gasteiger partial charge in [-0.1, -0.05) is 6.42 Å². The summed E-state index contributed by atoms with van der Waals surface area (Å²) in [6, 6.07) is 1.19. The third-order valence-corrected chi connectivity index (χ3v) is 4.03. The maximum atomic E-state index is 6.01. The molecule has 1 fully saturated rings. The summed E-state index contributed by atoms with van der Waals surface area (Å²) in [5.74, 6) is 0.691. The van der Waals surface area contributed by atoms with E-state index in [2.05, 4.69) is 42.5 Å². The standard InChI is InChI=1S/C14H30N4.HI/c1-5-17(6-2)14(15)16-11-13(4)18-10-8-7-9-12(18)3;/h12-13H,5-11H2,1-4H3,(H2,15,16);1H. The number of nitrogens with zero attached hydrogens (tertiary/aromatic N) is 3. The molecule has 5 heteroatoms. The molecule has 1 aliphatic rings. The molecule has 0 aliphatic carbocycles. The minimum atomic E-state index is 0. The van der Waals surface area contributed by atoms with Crippen molar-refractivity contribution in [1.29, 1.82) is 0 Å². The molecule has 0 aromatic carbocycles. The first-order valence-electron chi connectivity index (χ1n) is 7.40. The summed E-state index contributed by atoms with van der Waals surface area (Å²) in [6.07, 6.45) is 4.01. The van der Waals surface area contributed by atoms with Crippen molar-refractivity contribution in [2.24, 2.45) is 10.7 Å². The minimum absolute atomic E-state index is 0. The first kappa shape index (κ1) is 19.0. The Morgan fingerprint density at radius 3 is 2.53 bits per heavy atom. The predicted octanol–water partition coefficient (Wildman–Crippen LogP) is 2.52. The van der Waals surface area contributed by atoms with Crippen LogP contribution in [0.3, 0.4) is 0 Å². The highest BCUT2D eigenvalue weighted by molar-refractivity contribution is 14.0. The molecule has 1 rings (SSSR count). The van der Waals surface area contributed by atoms with Crippen molar-refractivity contribution in [3.63, 3.8) is 0 Å². The number of rotatable bonds is 5. The lowest BCUT2D eigenvalue weighted by Gasteiger charge is -2.37. The van der Waals surface area contributed by atoms with Crippen LogP contribution in [0, 0.1) is 0 Å². The second-order valence-electron chi connectivity index (χ2n) is 5.30. The highest BCUT2D eigenvalue weighted by atomic mass is 127. The van der Waals surface area contributed by atoms with Gasteiger partial charge in [-0.05, 0) is 47.1 Å². The molecule has 0 saturated carbocycles. The second kappa shape index (κ2) is 9.80. The molecule has 1 saturated heterocycles. The molecule has 0 aromatic heterocycles. The summed E-state index contributed by atoms with van der Waals surface area (Å²) in [6.45, 7) is 12.7. The van der Waals surface area contributed by atoms with Gasteiger partial charge in [0.1, 0.15) is 0 Å². The van der Waals surface area contributed by atoms with E-state index in [1.807, 2.05) is 0 Å². The number of nitrogens with two attached hydrogens (primary N) is 1. The topological polar surface area (TPSA) is 44.9 Å². The molecule has 2 N–H and O–H groups in total. The van der Waals surface area contributed by atoms with Crippen LogP contribution in [0.1, 0.15) is 47.0 Å². The maximum Gasteiger partial charge on any atom is 0.191 e. The van der Waals surface area contributed by atoms with Crippen LogP contribution in [0.2, 0.25) is 0 Å². The van der Waals surface area contributed by atoms with Crippen molar-refractivity contribution in [2.45, 2.75) is 59.0 Å². The van der Waals surface area contributed by atoms with E-state index in [9.17, 15) is 0 Å². The lowest BCUT2D eigenvalue weighted by Crippen LogP contribution is -2.45. The number of halogens is 1. The fourth-order valence-corrected chi connectivity index (χ4v) is 2.75. The number of likely N-dealkylation sites (tertiary alicyclic amines) is 1. The lowest BCUT2D eigenvalue weighted by atomic mass is 10.0. The third kappa shape index (κ3) is 5.85. The molecule has 1 heterocycles. The Morgan fingerprint density at radius 1 is 1.37 bits per heavy atom.